The van der Waals surface area contributed by atoms with Crippen LogP contribution in [-0.2, 0) is 0 Å². The van der Waals surface area contributed by atoms with E-state index in [0.29, 0.717) is 18.7 Å². The van der Waals surface area contributed by atoms with Crippen molar-refractivity contribution in [1.29, 1.82) is 0 Å². The second kappa shape index (κ2) is 7.99. The molecule has 0 bridgehead atoms. The SMILES string of the molecule is COc1ccccc1C1CNCCN1C(=O)c1cc[nH]c(=O)c1.Cl. The molecule has 0 aliphatic carbocycles. The number of hydrogen-bond acceptors (Lipinski definition) is 4. The van der Waals surface area contributed by atoms with E-state index < -0.39 is 0 Å². The summed E-state index contributed by atoms with van der Waals surface area (Å²) in [7, 11) is 1.62. The van der Waals surface area contributed by atoms with E-state index >= 15 is 0 Å². The number of hydrogen-bond donors (Lipinski definition) is 2. The Morgan fingerprint density at radius 1 is 1.29 bits per heavy atom. The fraction of sp³-hybridized carbons (Fsp3) is 0.294. The number of H-pyrrole nitrogens is 1. The molecule has 1 aromatic heterocycles. The topological polar surface area (TPSA) is 74.4 Å². The van der Waals surface area contributed by atoms with Gasteiger partial charge in [0, 0.05) is 43.0 Å². The van der Waals surface area contributed by atoms with Gasteiger partial charge in [0.25, 0.3) is 5.91 Å². The number of para-hydroxylation sites is 1. The molecule has 0 radical (unpaired) electrons. The highest BCUT2D eigenvalue weighted by Crippen LogP contribution is 2.30. The van der Waals surface area contributed by atoms with Gasteiger partial charge in [0.1, 0.15) is 5.75 Å². The molecule has 128 valence electrons. The Labute approximate surface area is 146 Å². The van der Waals surface area contributed by atoms with Crippen LogP contribution in [0, 0.1) is 0 Å². The van der Waals surface area contributed by atoms with Gasteiger partial charge in [-0.2, -0.15) is 0 Å². The highest BCUT2D eigenvalue weighted by Gasteiger charge is 2.30. The van der Waals surface area contributed by atoms with Crippen molar-refractivity contribution in [3.63, 3.8) is 0 Å². The number of amides is 1. The molecule has 2 heterocycles. The molecule has 1 unspecified atom stereocenters. The van der Waals surface area contributed by atoms with Crippen molar-refractivity contribution in [1.82, 2.24) is 15.2 Å². The highest BCUT2D eigenvalue weighted by molar-refractivity contribution is 5.94. The molecule has 1 saturated heterocycles. The van der Waals surface area contributed by atoms with Crippen molar-refractivity contribution >= 4 is 18.3 Å². The summed E-state index contributed by atoms with van der Waals surface area (Å²) >= 11 is 0. The van der Waals surface area contributed by atoms with Gasteiger partial charge in [-0.1, -0.05) is 18.2 Å². The number of aromatic nitrogens is 1. The largest absolute Gasteiger partial charge is 0.496 e. The van der Waals surface area contributed by atoms with Crippen LogP contribution < -0.4 is 15.6 Å². The minimum Gasteiger partial charge on any atom is -0.496 e. The van der Waals surface area contributed by atoms with E-state index in [4.69, 9.17) is 4.74 Å². The molecule has 0 saturated carbocycles. The number of carbonyl (C=O) groups is 1. The fourth-order valence-electron chi connectivity index (χ4n) is 2.91. The zero-order chi connectivity index (χ0) is 16.2. The van der Waals surface area contributed by atoms with Gasteiger partial charge >= 0.3 is 0 Å². The lowest BCUT2D eigenvalue weighted by atomic mass is 10.0. The first-order chi connectivity index (χ1) is 11.2. The Balaban J connectivity index is 0.00000208. The summed E-state index contributed by atoms with van der Waals surface area (Å²) in [6.45, 7) is 1.95. The van der Waals surface area contributed by atoms with Crippen LogP contribution >= 0.6 is 12.4 Å². The molecule has 1 atom stereocenters. The van der Waals surface area contributed by atoms with Gasteiger partial charge in [-0.3, -0.25) is 9.59 Å². The number of pyridine rings is 1. The standard InChI is InChI=1S/C17H19N3O3.ClH/c1-23-15-5-3-2-4-13(15)14-11-18-8-9-20(14)17(22)12-6-7-19-16(21)10-12;/h2-7,10,14,18H,8-9,11H2,1H3,(H,19,21);1H. The number of methoxy groups -OCH3 is 1. The molecule has 0 spiro atoms. The van der Waals surface area contributed by atoms with E-state index in [9.17, 15) is 9.59 Å². The van der Waals surface area contributed by atoms with Crippen LogP contribution in [0.15, 0.2) is 47.4 Å². The van der Waals surface area contributed by atoms with Crippen LogP contribution in [0.4, 0.5) is 0 Å². The lowest BCUT2D eigenvalue weighted by Crippen LogP contribution is -2.48. The normalized spacial score (nSPS) is 17.0. The molecule has 6 nitrogen and oxygen atoms in total. The summed E-state index contributed by atoms with van der Waals surface area (Å²) in [6, 6.07) is 10.5. The van der Waals surface area contributed by atoms with Crippen LogP contribution in [-0.4, -0.2) is 42.5 Å². The van der Waals surface area contributed by atoms with Gasteiger partial charge in [-0.15, -0.1) is 12.4 Å². The Kier molecular flexibility index (Phi) is 6.00. The highest BCUT2D eigenvalue weighted by atomic mass is 35.5. The number of benzene rings is 1. The van der Waals surface area contributed by atoms with Crippen molar-refractivity contribution < 1.29 is 9.53 Å². The van der Waals surface area contributed by atoms with E-state index in [1.54, 1.807) is 18.1 Å². The Morgan fingerprint density at radius 2 is 2.08 bits per heavy atom. The summed E-state index contributed by atoms with van der Waals surface area (Å²) in [5.74, 6) is 0.610. The molecular weight excluding hydrogens is 330 g/mol. The number of aromatic amines is 1. The van der Waals surface area contributed by atoms with Gasteiger partial charge in [-0.05, 0) is 12.1 Å². The maximum Gasteiger partial charge on any atom is 0.254 e. The number of piperazine rings is 1. The Hall–Kier alpha value is -2.31. The number of nitrogens with one attached hydrogen (secondary N) is 2. The Morgan fingerprint density at radius 3 is 2.83 bits per heavy atom. The lowest BCUT2D eigenvalue weighted by Gasteiger charge is -2.37. The third-order valence-corrected chi connectivity index (χ3v) is 4.02. The summed E-state index contributed by atoms with van der Waals surface area (Å²) < 4.78 is 5.43. The number of halogens is 1. The molecule has 1 aromatic carbocycles. The van der Waals surface area contributed by atoms with E-state index in [2.05, 4.69) is 10.3 Å². The minimum atomic E-state index is -0.278. The monoisotopic (exact) mass is 349 g/mol. The second-order valence-corrected chi connectivity index (χ2v) is 5.40. The summed E-state index contributed by atoms with van der Waals surface area (Å²) in [4.78, 5) is 28.6. The van der Waals surface area contributed by atoms with E-state index in [-0.39, 0.29) is 29.9 Å². The fourth-order valence-corrected chi connectivity index (χ4v) is 2.91. The van der Waals surface area contributed by atoms with Crippen LogP contribution in [0.5, 0.6) is 5.75 Å². The van der Waals surface area contributed by atoms with Gasteiger partial charge in [0.05, 0.1) is 13.2 Å². The van der Waals surface area contributed by atoms with Gasteiger partial charge in [-0.25, -0.2) is 0 Å². The average Bonchev–Trinajstić information content (AvgIpc) is 2.61. The predicted molar refractivity (Wildman–Crippen MR) is 94.0 cm³/mol. The van der Waals surface area contributed by atoms with E-state index in [0.717, 1.165) is 17.9 Å². The molecule has 1 aliphatic rings. The number of carbonyl (C=O) groups excluding carboxylic acids is 1. The van der Waals surface area contributed by atoms with E-state index in [1.807, 2.05) is 24.3 Å². The van der Waals surface area contributed by atoms with Crippen molar-refractivity contribution in [3.05, 3.63) is 64.1 Å². The molecule has 1 fully saturated rings. The summed E-state index contributed by atoms with van der Waals surface area (Å²) in [5.41, 5.74) is 1.08. The molecule has 7 heteroatoms. The van der Waals surface area contributed by atoms with Gasteiger partial charge < -0.3 is 19.9 Å². The zero-order valence-corrected chi connectivity index (χ0v) is 14.1. The quantitative estimate of drug-likeness (QED) is 0.882. The van der Waals surface area contributed by atoms with Crippen molar-refractivity contribution in [3.8, 4) is 5.75 Å². The van der Waals surface area contributed by atoms with Crippen LogP contribution in [0.1, 0.15) is 22.0 Å². The van der Waals surface area contributed by atoms with E-state index in [1.165, 1.54) is 12.3 Å². The molecule has 1 aliphatic heterocycles. The number of ether oxygens (including phenoxy) is 1. The first-order valence-electron chi connectivity index (χ1n) is 7.54. The smallest absolute Gasteiger partial charge is 0.254 e. The van der Waals surface area contributed by atoms with Crippen molar-refractivity contribution in [2.24, 2.45) is 0 Å². The van der Waals surface area contributed by atoms with Gasteiger partial charge in [0.2, 0.25) is 5.56 Å². The summed E-state index contributed by atoms with van der Waals surface area (Å²) in [6.07, 6.45) is 1.50. The number of nitrogens with zero attached hydrogens (tertiary/aromatic N) is 1. The third-order valence-electron chi connectivity index (χ3n) is 4.02. The molecule has 24 heavy (non-hydrogen) atoms. The lowest BCUT2D eigenvalue weighted by molar-refractivity contribution is 0.0631. The number of rotatable bonds is 3. The first kappa shape index (κ1) is 18.0. The second-order valence-electron chi connectivity index (χ2n) is 5.40. The molecule has 2 aromatic rings. The maximum absolute atomic E-state index is 12.8. The van der Waals surface area contributed by atoms with Crippen LogP contribution in [0.2, 0.25) is 0 Å². The zero-order valence-electron chi connectivity index (χ0n) is 13.3. The average molecular weight is 350 g/mol. The molecule has 3 rings (SSSR count). The first-order valence-corrected chi connectivity index (χ1v) is 7.54. The predicted octanol–water partition coefficient (Wildman–Crippen LogP) is 1.59. The molecular formula is C17H20ClN3O3. The minimum absolute atomic E-state index is 0. The summed E-state index contributed by atoms with van der Waals surface area (Å²) in [5, 5.41) is 3.31. The molecule has 2 N–H and O–H groups in total. The van der Waals surface area contributed by atoms with Crippen LogP contribution in [0.3, 0.4) is 0 Å². The Bertz CT molecular complexity index is 762. The maximum atomic E-state index is 12.8. The van der Waals surface area contributed by atoms with Crippen LogP contribution in [0.25, 0.3) is 0 Å². The van der Waals surface area contributed by atoms with Crippen molar-refractivity contribution in [2.45, 2.75) is 6.04 Å². The molecule has 1 amide bonds. The van der Waals surface area contributed by atoms with Gasteiger partial charge in [0.15, 0.2) is 0 Å². The third kappa shape index (κ3) is 3.60. The van der Waals surface area contributed by atoms with Crippen molar-refractivity contribution in [2.75, 3.05) is 26.7 Å².